The molecule has 0 aromatic heterocycles. The van der Waals surface area contributed by atoms with Crippen LogP contribution in [-0.4, -0.2) is 12.4 Å². The number of unbranched alkanes of at least 4 members (excludes halogenated alkanes) is 4. The van der Waals surface area contributed by atoms with Crippen molar-refractivity contribution in [3.8, 4) is 0 Å². The van der Waals surface area contributed by atoms with Crippen LogP contribution >= 0.6 is 17.1 Å². The maximum absolute atomic E-state index is 12.1. The number of hydrogen-bond donors (Lipinski definition) is 0. The van der Waals surface area contributed by atoms with Crippen LogP contribution in [0.15, 0.2) is 0 Å². The van der Waals surface area contributed by atoms with Crippen molar-refractivity contribution in [2.45, 2.75) is 79.1 Å². The maximum Gasteiger partial charge on any atom is 1.00 e. The summed E-state index contributed by atoms with van der Waals surface area (Å²) >= 11 is 6.43. The minimum absolute atomic E-state index is 0. The summed E-state index contributed by atoms with van der Waals surface area (Å²) in [6.45, 7) is 9.54. The molecule has 0 saturated heterocycles. The Balaban J connectivity index is 0. The van der Waals surface area contributed by atoms with E-state index < -0.39 is 5.69 Å². The van der Waals surface area contributed by atoms with Crippen LogP contribution in [0.2, 0.25) is 0 Å². The fourth-order valence-corrected chi connectivity index (χ4v) is 5.44. The second kappa shape index (κ2) is 16.0. The zero-order valence-corrected chi connectivity index (χ0v) is 20.5. The van der Waals surface area contributed by atoms with Crippen molar-refractivity contribution in [2.24, 2.45) is 11.8 Å². The van der Waals surface area contributed by atoms with E-state index in [0.29, 0.717) is 6.61 Å². The Bertz CT molecular complexity index is 265. The average Bonchev–Trinajstić information content (AvgIpc) is 2.37. The molecule has 0 aromatic rings. The molecule has 0 aliphatic carbocycles. The van der Waals surface area contributed by atoms with E-state index in [1.54, 1.807) is 0 Å². The van der Waals surface area contributed by atoms with E-state index in [1.807, 2.05) is 0 Å². The van der Waals surface area contributed by atoms with Gasteiger partial charge in [0.2, 0.25) is 0 Å². The van der Waals surface area contributed by atoms with E-state index >= 15 is 0 Å². The van der Waals surface area contributed by atoms with Gasteiger partial charge in [0.1, 0.15) is 0 Å². The summed E-state index contributed by atoms with van der Waals surface area (Å²) in [7, 11) is 0. The third-order valence-corrected chi connectivity index (χ3v) is 7.71. The predicted octanol–water partition coefficient (Wildman–Crippen LogP) is 5.75. The molecule has 0 fully saturated rings. The molecule has 0 aromatic carbocycles. The summed E-state index contributed by atoms with van der Waals surface area (Å²) in [6, 6.07) is 0. The van der Waals surface area contributed by atoms with E-state index in [2.05, 4.69) is 27.7 Å². The van der Waals surface area contributed by atoms with Gasteiger partial charge < -0.3 is 9.42 Å². The first-order chi connectivity index (χ1) is 9.83. The molecule has 0 N–H and O–H groups in total. The summed E-state index contributed by atoms with van der Waals surface area (Å²) < 4.78 is 5.41. The molecule has 0 saturated carbocycles. The molecule has 6 heteroatoms. The second-order valence-electron chi connectivity index (χ2n) is 6.60. The summed E-state index contributed by atoms with van der Waals surface area (Å²) in [5, 5.41) is 0. The first kappa shape index (κ1) is 25.8. The van der Waals surface area contributed by atoms with Crippen LogP contribution in [0.4, 0.5) is 0 Å². The van der Waals surface area contributed by atoms with Crippen molar-refractivity contribution in [1.82, 2.24) is 0 Å². The minimum atomic E-state index is -2.83. The zero-order chi connectivity index (χ0) is 16.1. The van der Waals surface area contributed by atoms with Gasteiger partial charge in [0.15, 0.2) is 0 Å². The molecule has 0 bridgehead atoms. The van der Waals surface area contributed by atoms with Crippen molar-refractivity contribution in [3.05, 3.63) is 0 Å². The van der Waals surface area contributed by atoms with Crippen molar-refractivity contribution in [1.29, 1.82) is 0 Å². The molecule has 0 aliphatic rings. The van der Waals surface area contributed by atoms with E-state index in [0.717, 1.165) is 36.9 Å². The molecule has 0 amide bonds. The smallest absolute Gasteiger partial charge is 0.793 e. The Kier molecular flexibility index (Phi) is 18.8. The summed E-state index contributed by atoms with van der Waals surface area (Å²) in [5.41, 5.74) is -2.83. The first-order valence-corrected chi connectivity index (χ1v) is 12.7. The molecule has 1 atom stereocenters. The number of rotatable bonds is 14. The Labute approximate surface area is 160 Å². The van der Waals surface area contributed by atoms with E-state index in [4.69, 9.17) is 16.3 Å². The van der Waals surface area contributed by atoms with Gasteiger partial charge in [-0.05, 0) is 30.4 Å². The van der Waals surface area contributed by atoms with Crippen LogP contribution in [0.3, 0.4) is 0 Å². The average molecular weight is 419 g/mol. The molecule has 1 unspecified atom stereocenters. The van der Waals surface area contributed by atoms with Crippen LogP contribution in [-0.2, 0) is 35.8 Å². The quantitative estimate of drug-likeness (QED) is 0.204. The normalized spacial score (nSPS) is 14.1. The molecule has 0 rings (SSSR count). The first-order valence-electron chi connectivity index (χ1n) is 8.43. The van der Waals surface area contributed by atoms with Crippen LogP contribution in [0.5, 0.6) is 0 Å². The van der Waals surface area contributed by atoms with Gasteiger partial charge in [-0.25, -0.2) is 0 Å². The van der Waals surface area contributed by atoms with Crippen molar-refractivity contribution >= 4 is 28.9 Å². The van der Waals surface area contributed by atoms with Crippen molar-refractivity contribution in [2.75, 3.05) is 12.4 Å². The largest absolute Gasteiger partial charge is 1.00 e. The fraction of sp³-hybridized carbons (Fsp3) is 1.00. The van der Waals surface area contributed by atoms with Gasteiger partial charge in [0.05, 0.1) is 6.61 Å². The topological polar surface area (TPSA) is 32.3 Å². The molecule has 22 heavy (non-hydrogen) atoms. The van der Waals surface area contributed by atoms with Crippen LogP contribution in [0.1, 0.15) is 79.1 Å². The molecular formula is C16H34O2PS2Zn. The van der Waals surface area contributed by atoms with Gasteiger partial charge in [-0.3, -0.25) is 0 Å². The Hall–Kier alpha value is 1.54. The van der Waals surface area contributed by atoms with Crippen molar-refractivity contribution in [3.63, 3.8) is 0 Å². The van der Waals surface area contributed by atoms with Crippen LogP contribution in [0.25, 0.3) is 0 Å². The predicted molar refractivity (Wildman–Crippen MR) is 99.3 cm³/mol. The Morgan fingerprint density at radius 2 is 1.41 bits per heavy atom. The van der Waals surface area contributed by atoms with Crippen LogP contribution in [0, 0.1) is 11.8 Å². The SMILES string of the molecule is CC(C)CCCCCOP([O-])(=S)SCCCCCC(C)C.[Zn+]. The molecule has 0 aliphatic heterocycles. The molecule has 0 spiro atoms. The monoisotopic (exact) mass is 417 g/mol. The fourth-order valence-electron chi connectivity index (χ4n) is 2.05. The summed E-state index contributed by atoms with van der Waals surface area (Å²) in [6.07, 6.45) is 9.45. The third-order valence-electron chi connectivity index (χ3n) is 3.35. The molecule has 129 valence electrons. The molecule has 0 heterocycles. The molecular weight excluding hydrogens is 385 g/mol. The summed E-state index contributed by atoms with van der Waals surface area (Å²) in [4.78, 5) is 12.1. The van der Waals surface area contributed by atoms with E-state index in [1.165, 1.54) is 43.5 Å². The second-order valence-corrected chi connectivity index (χ2v) is 12.8. The van der Waals surface area contributed by atoms with Gasteiger partial charge in [-0.15, -0.1) is 11.4 Å². The third kappa shape index (κ3) is 19.6. The van der Waals surface area contributed by atoms with Crippen LogP contribution < -0.4 is 4.89 Å². The molecule has 2 nitrogen and oxygen atoms in total. The zero-order valence-electron chi connectivity index (χ0n) is 15.0. The van der Waals surface area contributed by atoms with Gasteiger partial charge in [0, 0.05) is 5.69 Å². The number of hydrogen-bond acceptors (Lipinski definition) is 4. The standard InChI is InChI=1S/C16H35O2PS2.Zn/c1-15(2)11-7-5-9-13-18-19(17,20)21-14-10-6-8-12-16(3)4;/h15-16H,5-14H2,1-4H3,(H,17,20);/q;+1/p-1. The van der Waals surface area contributed by atoms with Crippen molar-refractivity contribution < 1.29 is 28.9 Å². The Morgan fingerprint density at radius 1 is 0.909 bits per heavy atom. The Morgan fingerprint density at radius 3 is 1.91 bits per heavy atom. The maximum atomic E-state index is 12.1. The molecule has 1 radical (unpaired) electrons. The van der Waals surface area contributed by atoms with Gasteiger partial charge in [-0.2, -0.15) is 0 Å². The summed E-state index contributed by atoms with van der Waals surface area (Å²) in [5.74, 6) is 2.41. The minimum Gasteiger partial charge on any atom is -0.793 e. The van der Waals surface area contributed by atoms with Gasteiger partial charge >= 0.3 is 19.5 Å². The van der Waals surface area contributed by atoms with Gasteiger partial charge in [-0.1, -0.05) is 78.0 Å². The van der Waals surface area contributed by atoms with E-state index in [9.17, 15) is 4.89 Å². The van der Waals surface area contributed by atoms with Gasteiger partial charge in [0.25, 0.3) is 0 Å². The van der Waals surface area contributed by atoms with E-state index in [-0.39, 0.29) is 19.5 Å².